The van der Waals surface area contributed by atoms with Gasteiger partial charge in [0.1, 0.15) is 6.26 Å². The van der Waals surface area contributed by atoms with Crippen molar-refractivity contribution in [2.75, 3.05) is 0 Å². The fraction of sp³-hybridized carbons (Fsp3) is 0.833. The van der Waals surface area contributed by atoms with Crippen LogP contribution in [0.25, 0.3) is 0 Å². The van der Waals surface area contributed by atoms with E-state index < -0.39 is 10.4 Å². The molecule has 0 saturated heterocycles. The summed E-state index contributed by atoms with van der Waals surface area (Å²) in [5.74, 6) is 0. The molecule has 4 nitrogen and oxygen atoms in total. The maximum absolute atomic E-state index is 10.1. The molecule has 0 aromatic rings. The van der Waals surface area contributed by atoms with E-state index in [1.807, 2.05) is 0 Å². The van der Waals surface area contributed by atoms with Crippen LogP contribution in [0, 0.1) is 0 Å². The number of allylic oxidation sites excluding steroid dienone is 1. The van der Waals surface area contributed by atoms with Gasteiger partial charge in [0, 0.05) is 0 Å². The van der Waals surface area contributed by atoms with E-state index >= 15 is 0 Å². The van der Waals surface area contributed by atoms with Crippen LogP contribution in [0.2, 0.25) is 0 Å². The maximum atomic E-state index is 10.1. The molecule has 0 fully saturated rings. The van der Waals surface area contributed by atoms with Gasteiger partial charge in [-0.15, -0.1) is 0 Å². The second-order valence-corrected chi connectivity index (χ2v) is 5.15. The summed E-state index contributed by atoms with van der Waals surface area (Å²) in [6.07, 6.45) is 13.2. The first-order valence-electron chi connectivity index (χ1n) is 6.35. The predicted molar refractivity (Wildman–Crippen MR) is 67.1 cm³/mol. The Morgan fingerprint density at radius 1 is 1.00 bits per heavy atom. The van der Waals surface area contributed by atoms with E-state index in [0.29, 0.717) is 0 Å². The molecular formula is C12H23NaO4S. The van der Waals surface area contributed by atoms with Crippen molar-refractivity contribution in [2.24, 2.45) is 0 Å². The van der Waals surface area contributed by atoms with E-state index in [2.05, 4.69) is 11.1 Å². The zero-order valence-corrected chi connectivity index (χ0v) is 14.4. The van der Waals surface area contributed by atoms with Crippen LogP contribution in [-0.2, 0) is 14.6 Å². The fourth-order valence-electron chi connectivity index (χ4n) is 1.57. The number of rotatable bonds is 11. The molecule has 102 valence electrons. The van der Waals surface area contributed by atoms with Gasteiger partial charge in [0.05, 0.1) is 0 Å². The van der Waals surface area contributed by atoms with Crippen LogP contribution in [0.4, 0.5) is 0 Å². The molecule has 0 unspecified atom stereocenters. The summed E-state index contributed by atoms with van der Waals surface area (Å²) in [5.41, 5.74) is 0. The molecule has 0 atom stereocenters. The fourth-order valence-corrected chi connectivity index (χ4v) is 1.79. The van der Waals surface area contributed by atoms with Crippen LogP contribution < -0.4 is 29.6 Å². The van der Waals surface area contributed by atoms with E-state index in [-0.39, 0.29) is 29.6 Å². The monoisotopic (exact) mass is 286 g/mol. The van der Waals surface area contributed by atoms with Crippen molar-refractivity contribution in [1.29, 1.82) is 0 Å². The summed E-state index contributed by atoms with van der Waals surface area (Å²) in [6, 6.07) is 0. The van der Waals surface area contributed by atoms with Crippen LogP contribution >= 0.6 is 0 Å². The van der Waals surface area contributed by atoms with Gasteiger partial charge < -0.3 is 8.74 Å². The molecule has 0 aliphatic heterocycles. The number of unbranched alkanes of at least 4 members (excludes halogenated alkanes) is 8. The standard InChI is InChI=1S/C12H24O4S.Na/c1-2-3-4-5-6-7-8-9-10-11-12-16-17(13,14)15;/h11-12H,2-10H2,1H3,(H,13,14,15);/q;+1/p-1/b12-11+;. The smallest absolute Gasteiger partial charge is 0.716 e. The zero-order chi connectivity index (χ0) is 13.0. The van der Waals surface area contributed by atoms with Crippen LogP contribution in [0.15, 0.2) is 12.3 Å². The van der Waals surface area contributed by atoms with Gasteiger partial charge >= 0.3 is 29.6 Å². The second-order valence-electron chi connectivity index (χ2n) is 4.14. The first-order chi connectivity index (χ1) is 8.06. The van der Waals surface area contributed by atoms with Gasteiger partial charge in [0.15, 0.2) is 0 Å². The molecule has 6 heteroatoms. The topological polar surface area (TPSA) is 66.4 Å². The van der Waals surface area contributed by atoms with E-state index in [1.54, 1.807) is 6.08 Å². The minimum absolute atomic E-state index is 0. The summed E-state index contributed by atoms with van der Waals surface area (Å²) in [6.45, 7) is 2.20. The van der Waals surface area contributed by atoms with Gasteiger partial charge in [-0.3, -0.25) is 0 Å². The Balaban J connectivity index is 0. The van der Waals surface area contributed by atoms with Crippen molar-refractivity contribution in [1.82, 2.24) is 0 Å². The molecule has 18 heavy (non-hydrogen) atoms. The van der Waals surface area contributed by atoms with Crippen LogP contribution in [0.1, 0.15) is 64.7 Å². The van der Waals surface area contributed by atoms with Crippen molar-refractivity contribution in [3.63, 3.8) is 0 Å². The molecule has 0 aromatic carbocycles. The molecule has 0 bridgehead atoms. The van der Waals surface area contributed by atoms with Crippen LogP contribution in [-0.4, -0.2) is 13.0 Å². The van der Waals surface area contributed by atoms with E-state index in [0.717, 1.165) is 25.5 Å². The average molecular weight is 286 g/mol. The minimum atomic E-state index is -4.57. The molecule has 0 saturated carbocycles. The Labute approximate surface area is 133 Å². The third-order valence-corrected chi connectivity index (χ3v) is 2.84. The SMILES string of the molecule is CCCCCCCCCC/C=C/OS(=O)(=O)[O-].[Na+]. The predicted octanol–water partition coefficient (Wildman–Crippen LogP) is 0.512. The number of hydrogen-bond donors (Lipinski definition) is 0. The van der Waals surface area contributed by atoms with Crippen molar-refractivity contribution >= 4 is 10.4 Å². The molecule has 0 aliphatic carbocycles. The van der Waals surface area contributed by atoms with Crippen molar-refractivity contribution in [3.8, 4) is 0 Å². The Morgan fingerprint density at radius 2 is 1.50 bits per heavy atom. The Morgan fingerprint density at radius 3 is 2.00 bits per heavy atom. The van der Waals surface area contributed by atoms with Gasteiger partial charge in [0.2, 0.25) is 0 Å². The summed E-state index contributed by atoms with van der Waals surface area (Å²) in [4.78, 5) is 0. The van der Waals surface area contributed by atoms with Gasteiger partial charge in [-0.1, -0.05) is 51.9 Å². The second kappa shape index (κ2) is 13.9. The molecule has 0 heterocycles. The minimum Gasteiger partial charge on any atom is -0.716 e. The Hall–Kier alpha value is 0.450. The third-order valence-electron chi connectivity index (χ3n) is 2.49. The van der Waals surface area contributed by atoms with Crippen molar-refractivity contribution < 1.29 is 46.7 Å². The van der Waals surface area contributed by atoms with Crippen LogP contribution in [0.5, 0.6) is 0 Å². The maximum Gasteiger partial charge on any atom is 1.00 e. The largest absolute Gasteiger partial charge is 1.00 e. The number of hydrogen-bond acceptors (Lipinski definition) is 4. The molecule has 0 spiro atoms. The van der Waals surface area contributed by atoms with E-state index in [4.69, 9.17) is 0 Å². The normalized spacial score (nSPS) is 11.4. The molecule has 0 aromatic heterocycles. The first kappa shape index (κ1) is 20.8. The van der Waals surface area contributed by atoms with E-state index in [9.17, 15) is 13.0 Å². The summed E-state index contributed by atoms with van der Waals surface area (Å²) < 4.78 is 34.1. The Bertz CT molecular complexity index is 288. The third kappa shape index (κ3) is 18.8. The van der Waals surface area contributed by atoms with E-state index in [1.165, 1.54) is 38.5 Å². The molecule has 0 rings (SSSR count). The first-order valence-corrected chi connectivity index (χ1v) is 7.68. The van der Waals surface area contributed by atoms with Gasteiger partial charge in [-0.2, -0.15) is 0 Å². The molecule has 0 aliphatic rings. The zero-order valence-electron chi connectivity index (χ0n) is 11.6. The summed E-state index contributed by atoms with van der Waals surface area (Å²) in [5, 5.41) is 0. The van der Waals surface area contributed by atoms with Gasteiger partial charge in [-0.25, -0.2) is 8.42 Å². The summed E-state index contributed by atoms with van der Waals surface area (Å²) in [7, 11) is -4.57. The average Bonchev–Trinajstić information content (AvgIpc) is 2.24. The summed E-state index contributed by atoms with van der Waals surface area (Å²) >= 11 is 0. The Kier molecular flexibility index (Phi) is 16.0. The van der Waals surface area contributed by atoms with Gasteiger partial charge in [0.25, 0.3) is 10.4 Å². The molecule has 0 N–H and O–H groups in total. The molecule has 0 amide bonds. The van der Waals surface area contributed by atoms with Gasteiger partial charge in [-0.05, 0) is 18.9 Å². The molecular weight excluding hydrogens is 263 g/mol. The van der Waals surface area contributed by atoms with Crippen molar-refractivity contribution in [3.05, 3.63) is 12.3 Å². The van der Waals surface area contributed by atoms with Crippen molar-refractivity contribution in [2.45, 2.75) is 64.7 Å². The molecule has 0 radical (unpaired) electrons. The quantitative estimate of drug-likeness (QED) is 0.182. The van der Waals surface area contributed by atoms with Crippen LogP contribution in [0.3, 0.4) is 0 Å².